The number of carbonyl (C=O) groups is 1. The number of nitrogens with zero attached hydrogens (tertiary/aromatic N) is 3. The molecule has 2 aromatic heterocycles. The van der Waals surface area contributed by atoms with Crippen LogP contribution in [0.5, 0.6) is 0 Å². The standard InChI is InChI=1S/C23H19ClN4O2/c1-3-28-21-19(5-4-12-25-21)27-20(23(28)30)15-7-9-16(10-8-15)22(29)26-17-11-6-14(2)18(24)13-17/h4-13H,3H2,1-2H3,(H,26,29). The molecule has 1 amide bonds. The summed E-state index contributed by atoms with van der Waals surface area (Å²) in [6, 6.07) is 15.8. The molecule has 0 aliphatic carbocycles. The number of aromatic nitrogens is 3. The molecule has 0 saturated carbocycles. The normalized spacial score (nSPS) is 10.9. The summed E-state index contributed by atoms with van der Waals surface area (Å²) in [4.78, 5) is 34.2. The van der Waals surface area contributed by atoms with Gasteiger partial charge >= 0.3 is 0 Å². The van der Waals surface area contributed by atoms with E-state index in [4.69, 9.17) is 11.6 Å². The van der Waals surface area contributed by atoms with E-state index in [1.165, 1.54) is 0 Å². The van der Waals surface area contributed by atoms with Crippen molar-refractivity contribution in [2.75, 3.05) is 5.32 Å². The first-order chi connectivity index (χ1) is 14.5. The summed E-state index contributed by atoms with van der Waals surface area (Å²) in [7, 11) is 0. The zero-order valence-corrected chi connectivity index (χ0v) is 17.3. The highest BCUT2D eigenvalue weighted by molar-refractivity contribution is 6.31. The summed E-state index contributed by atoms with van der Waals surface area (Å²) in [6.07, 6.45) is 1.64. The van der Waals surface area contributed by atoms with Gasteiger partial charge in [0.15, 0.2) is 5.65 Å². The van der Waals surface area contributed by atoms with Gasteiger partial charge in [-0.25, -0.2) is 9.97 Å². The average molecular weight is 419 g/mol. The van der Waals surface area contributed by atoms with Crippen LogP contribution in [0.25, 0.3) is 22.4 Å². The largest absolute Gasteiger partial charge is 0.322 e. The van der Waals surface area contributed by atoms with Crippen molar-refractivity contribution in [2.24, 2.45) is 0 Å². The van der Waals surface area contributed by atoms with Crippen LogP contribution in [0, 0.1) is 6.92 Å². The highest BCUT2D eigenvalue weighted by atomic mass is 35.5. The van der Waals surface area contributed by atoms with Gasteiger partial charge in [-0.3, -0.25) is 14.2 Å². The molecular weight excluding hydrogens is 400 g/mol. The number of benzene rings is 2. The van der Waals surface area contributed by atoms with Crippen LogP contribution in [0.1, 0.15) is 22.8 Å². The fourth-order valence-electron chi connectivity index (χ4n) is 3.21. The fourth-order valence-corrected chi connectivity index (χ4v) is 3.39. The van der Waals surface area contributed by atoms with Crippen molar-refractivity contribution in [3.63, 3.8) is 0 Å². The zero-order valence-electron chi connectivity index (χ0n) is 16.5. The van der Waals surface area contributed by atoms with Crippen molar-refractivity contribution >= 4 is 34.4 Å². The summed E-state index contributed by atoms with van der Waals surface area (Å²) in [5.41, 5.74) is 3.99. The summed E-state index contributed by atoms with van der Waals surface area (Å²) in [5, 5.41) is 3.42. The second-order valence-electron chi connectivity index (χ2n) is 6.85. The van der Waals surface area contributed by atoms with Crippen LogP contribution >= 0.6 is 11.6 Å². The minimum absolute atomic E-state index is 0.213. The Balaban J connectivity index is 1.65. The number of halogens is 1. The van der Waals surface area contributed by atoms with E-state index in [1.807, 2.05) is 26.0 Å². The number of hydrogen-bond acceptors (Lipinski definition) is 4. The van der Waals surface area contributed by atoms with Crippen molar-refractivity contribution in [3.8, 4) is 11.3 Å². The van der Waals surface area contributed by atoms with E-state index >= 15 is 0 Å². The molecule has 0 radical (unpaired) electrons. The topological polar surface area (TPSA) is 76.9 Å². The number of pyridine rings is 1. The molecule has 6 nitrogen and oxygen atoms in total. The van der Waals surface area contributed by atoms with Crippen LogP contribution in [0.15, 0.2) is 65.6 Å². The Hall–Kier alpha value is -3.51. The molecule has 1 N–H and O–H groups in total. The predicted octanol–water partition coefficient (Wildman–Crippen LogP) is 4.69. The molecule has 0 spiro atoms. The third-order valence-corrected chi connectivity index (χ3v) is 5.28. The predicted molar refractivity (Wildman–Crippen MR) is 119 cm³/mol. The number of amides is 1. The van der Waals surface area contributed by atoms with Gasteiger partial charge in [0.05, 0.1) is 0 Å². The minimum atomic E-state index is -0.261. The van der Waals surface area contributed by atoms with Crippen LogP contribution in [0.3, 0.4) is 0 Å². The molecule has 2 aromatic carbocycles. The minimum Gasteiger partial charge on any atom is -0.322 e. The fraction of sp³-hybridized carbons (Fsp3) is 0.130. The smallest absolute Gasteiger partial charge is 0.278 e. The number of anilines is 1. The average Bonchev–Trinajstić information content (AvgIpc) is 2.76. The molecule has 4 aromatic rings. The van der Waals surface area contributed by atoms with E-state index in [0.29, 0.717) is 45.2 Å². The van der Waals surface area contributed by atoms with E-state index in [0.717, 1.165) is 5.56 Å². The van der Waals surface area contributed by atoms with Gasteiger partial charge in [-0.2, -0.15) is 0 Å². The number of aryl methyl sites for hydroxylation is 2. The van der Waals surface area contributed by atoms with Crippen LogP contribution in [-0.2, 0) is 6.54 Å². The maximum atomic E-state index is 12.9. The first-order valence-corrected chi connectivity index (χ1v) is 9.89. The first kappa shape index (κ1) is 19.8. The molecule has 0 fully saturated rings. The molecule has 0 aliphatic rings. The van der Waals surface area contributed by atoms with Gasteiger partial charge in [0.1, 0.15) is 11.2 Å². The lowest BCUT2D eigenvalue weighted by Gasteiger charge is -2.10. The first-order valence-electron chi connectivity index (χ1n) is 9.51. The van der Waals surface area contributed by atoms with Crippen molar-refractivity contribution in [2.45, 2.75) is 20.4 Å². The maximum absolute atomic E-state index is 12.9. The number of fused-ring (bicyclic) bond motifs is 1. The molecule has 2 heterocycles. The number of carbonyl (C=O) groups excluding carboxylic acids is 1. The zero-order chi connectivity index (χ0) is 21.3. The third kappa shape index (κ3) is 3.69. The Morgan fingerprint density at radius 2 is 1.90 bits per heavy atom. The molecule has 0 bridgehead atoms. The van der Waals surface area contributed by atoms with E-state index in [-0.39, 0.29) is 11.5 Å². The lowest BCUT2D eigenvalue weighted by Crippen LogP contribution is -2.23. The van der Waals surface area contributed by atoms with Crippen molar-refractivity contribution in [1.82, 2.24) is 14.5 Å². The Morgan fingerprint density at radius 3 is 2.60 bits per heavy atom. The highest BCUT2D eigenvalue weighted by Gasteiger charge is 2.14. The Morgan fingerprint density at radius 1 is 1.13 bits per heavy atom. The molecule has 0 aliphatic heterocycles. The van der Waals surface area contributed by atoms with Gasteiger partial charge in [0.25, 0.3) is 11.5 Å². The molecule has 150 valence electrons. The quantitative estimate of drug-likeness (QED) is 0.521. The van der Waals surface area contributed by atoms with Crippen molar-refractivity contribution < 1.29 is 4.79 Å². The summed E-state index contributed by atoms with van der Waals surface area (Å²) >= 11 is 6.12. The highest BCUT2D eigenvalue weighted by Crippen LogP contribution is 2.21. The van der Waals surface area contributed by atoms with E-state index in [1.54, 1.807) is 53.2 Å². The van der Waals surface area contributed by atoms with Gasteiger partial charge < -0.3 is 5.32 Å². The van der Waals surface area contributed by atoms with Gasteiger partial charge in [-0.1, -0.05) is 29.8 Å². The van der Waals surface area contributed by atoms with Gasteiger partial charge in [-0.05, 0) is 55.8 Å². The number of hydrogen-bond donors (Lipinski definition) is 1. The van der Waals surface area contributed by atoms with Crippen LogP contribution in [0.2, 0.25) is 5.02 Å². The molecule has 7 heteroatoms. The van der Waals surface area contributed by atoms with Crippen LogP contribution in [0.4, 0.5) is 5.69 Å². The summed E-state index contributed by atoms with van der Waals surface area (Å²) in [6.45, 7) is 4.28. The second-order valence-corrected chi connectivity index (χ2v) is 7.26. The maximum Gasteiger partial charge on any atom is 0.278 e. The lowest BCUT2D eigenvalue weighted by atomic mass is 10.1. The molecule has 0 atom stereocenters. The molecule has 0 saturated heterocycles. The molecule has 4 rings (SSSR count). The second kappa shape index (κ2) is 8.08. The van der Waals surface area contributed by atoms with E-state index < -0.39 is 0 Å². The third-order valence-electron chi connectivity index (χ3n) is 4.87. The van der Waals surface area contributed by atoms with E-state index in [9.17, 15) is 9.59 Å². The van der Waals surface area contributed by atoms with Crippen molar-refractivity contribution in [3.05, 3.63) is 87.3 Å². The van der Waals surface area contributed by atoms with Crippen LogP contribution in [-0.4, -0.2) is 20.4 Å². The van der Waals surface area contributed by atoms with Crippen molar-refractivity contribution in [1.29, 1.82) is 0 Å². The van der Waals surface area contributed by atoms with Gasteiger partial charge in [-0.15, -0.1) is 0 Å². The molecule has 0 unspecified atom stereocenters. The summed E-state index contributed by atoms with van der Waals surface area (Å²) < 4.78 is 1.60. The molecular formula is C23H19ClN4O2. The Kier molecular flexibility index (Phi) is 5.33. The number of rotatable bonds is 4. The number of nitrogens with one attached hydrogen (secondary N) is 1. The SMILES string of the molecule is CCn1c(=O)c(-c2ccc(C(=O)Nc3ccc(C)c(Cl)c3)cc2)nc2cccnc21. The van der Waals surface area contributed by atoms with Gasteiger partial charge in [0, 0.05) is 34.6 Å². The van der Waals surface area contributed by atoms with Crippen LogP contribution < -0.4 is 10.9 Å². The summed E-state index contributed by atoms with van der Waals surface area (Å²) in [5.74, 6) is -0.261. The lowest BCUT2D eigenvalue weighted by molar-refractivity contribution is 0.102. The molecule has 30 heavy (non-hydrogen) atoms. The Labute approximate surface area is 178 Å². The monoisotopic (exact) mass is 418 g/mol. The van der Waals surface area contributed by atoms with Gasteiger partial charge in [0.2, 0.25) is 0 Å². The Bertz CT molecular complexity index is 1310. The van der Waals surface area contributed by atoms with E-state index in [2.05, 4.69) is 15.3 Å².